The van der Waals surface area contributed by atoms with Gasteiger partial charge in [0.2, 0.25) is 5.90 Å². The van der Waals surface area contributed by atoms with Crippen LogP contribution in [0.4, 0.5) is 5.82 Å². The Hall–Kier alpha value is -2.73. The molecule has 1 fully saturated rings. The van der Waals surface area contributed by atoms with Crippen molar-refractivity contribution in [3.63, 3.8) is 0 Å². The van der Waals surface area contributed by atoms with Crippen LogP contribution in [0.25, 0.3) is 5.69 Å². The summed E-state index contributed by atoms with van der Waals surface area (Å²) in [6.45, 7) is 3.97. The van der Waals surface area contributed by atoms with Gasteiger partial charge in [0.25, 0.3) is 0 Å². The largest absolute Gasteiger partial charge is 0.410 e. The highest BCUT2D eigenvalue weighted by Gasteiger charge is 2.46. The minimum atomic E-state index is -3.40. The zero-order valence-corrected chi connectivity index (χ0v) is 17.0. The van der Waals surface area contributed by atoms with Crippen LogP contribution in [0.5, 0.6) is 0 Å². The number of para-hydroxylation sites is 1. The fourth-order valence-corrected chi connectivity index (χ4v) is 6.09. The number of ether oxygens (including phenoxy) is 1. The van der Waals surface area contributed by atoms with Crippen molar-refractivity contribution in [2.75, 3.05) is 26.3 Å². The summed E-state index contributed by atoms with van der Waals surface area (Å²) in [7, 11) is -3.40. The third-order valence-corrected chi connectivity index (χ3v) is 7.74. The molecule has 1 atom stereocenters. The number of aryl methyl sites for hydroxylation is 1. The Morgan fingerprint density at radius 1 is 0.966 bits per heavy atom. The molecule has 0 N–H and O–H groups in total. The number of fused-ring (bicyclic) bond motifs is 1. The SMILES string of the molecule is Cc1nn(-c2ccccc2)c2c1P(=O)(N1CCOCC1)OC(c1ccccc1)=N2. The van der Waals surface area contributed by atoms with Crippen LogP contribution in [0.2, 0.25) is 0 Å². The number of morpholine rings is 1. The molecule has 2 aliphatic rings. The predicted octanol–water partition coefficient (Wildman–Crippen LogP) is 3.44. The second-order valence-corrected chi connectivity index (χ2v) is 9.20. The number of benzene rings is 2. The van der Waals surface area contributed by atoms with Gasteiger partial charge in [0.1, 0.15) is 5.30 Å². The fraction of sp³-hybridized carbons (Fsp3) is 0.238. The lowest BCUT2D eigenvalue weighted by Gasteiger charge is -2.35. The topological polar surface area (TPSA) is 69.0 Å². The normalized spacial score (nSPS) is 21.9. The zero-order chi connectivity index (χ0) is 19.8. The van der Waals surface area contributed by atoms with E-state index in [9.17, 15) is 4.57 Å². The molecule has 5 rings (SSSR count). The van der Waals surface area contributed by atoms with Gasteiger partial charge in [-0.05, 0) is 31.2 Å². The first-order chi connectivity index (χ1) is 14.2. The van der Waals surface area contributed by atoms with E-state index in [1.165, 1.54) is 0 Å². The third kappa shape index (κ3) is 3.12. The number of nitrogens with zero attached hydrogens (tertiary/aromatic N) is 4. The van der Waals surface area contributed by atoms with E-state index in [-0.39, 0.29) is 0 Å². The van der Waals surface area contributed by atoms with Crippen LogP contribution in [-0.2, 0) is 13.8 Å². The Labute approximate surface area is 169 Å². The number of hydrogen-bond acceptors (Lipinski definition) is 5. The molecule has 1 unspecified atom stereocenters. The molecule has 1 saturated heterocycles. The maximum Gasteiger partial charge on any atom is 0.356 e. The molecule has 0 amide bonds. The number of rotatable bonds is 3. The monoisotopic (exact) mass is 408 g/mol. The highest BCUT2D eigenvalue weighted by molar-refractivity contribution is 7.65. The van der Waals surface area contributed by atoms with Crippen LogP contribution >= 0.6 is 7.52 Å². The minimum Gasteiger partial charge on any atom is -0.410 e. The summed E-state index contributed by atoms with van der Waals surface area (Å²) in [4.78, 5) is 4.77. The molecule has 0 spiro atoms. The maximum absolute atomic E-state index is 14.4. The van der Waals surface area contributed by atoms with Gasteiger partial charge in [-0.3, -0.25) is 4.57 Å². The van der Waals surface area contributed by atoms with E-state index in [4.69, 9.17) is 14.3 Å². The van der Waals surface area contributed by atoms with Crippen molar-refractivity contribution >= 4 is 24.5 Å². The molecule has 3 heterocycles. The minimum absolute atomic E-state index is 0.352. The van der Waals surface area contributed by atoms with Crippen molar-refractivity contribution in [3.8, 4) is 5.69 Å². The summed E-state index contributed by atoms with van der Waals surface area (Å²) in [5.74, 6) is 0.915. The molecular weight excluding hydrogens is 387 g/mol. The van der Waals surface area contributed by atoms with Crippen molar-refractivity contribution in [2.24, 2.45) is 4.99 Å². The molecule has 0 aliphatic carbocycles. The Morgan fingerprint density at radius 3 is 2.31 bits per heavy atom. The Morgan fingerprint density at radius 2 is 1.62 bits per heavy atom. The van der Waals surface area contributed by atoms with E-state index in [1.807, 2.05) is 72.3 Å². The fourth-order valence-electron chi connectivity index (χ4n) is 3.68. The van der Waals surface area contributed by atoms with Crippen LogP contribution in [0.1, 0.15) is 11.3 Å². The van der Waals surface area contributed by atoms with Gasteiger partial charge < -0.3 is 9.26 Å². The summed E-state index contributed by atoms with van der Waals surface area (Å²) in [6, 6.07) is 19.3. The van der Waals surface area contributed by atoms with Crippen LogP contribution in [0, 0.1) is 6.92 Å². The molecule has 8 heteroatoms. The molecule has 3 aromatic rings. The third-order valence-electron chi connectivity index (χ3n) is 5.09. The zero-order valence-electron chi connectivity index (χ0n) is 16.1. The Balaban J connectivity index is 1.73. The van der Waals surface area contributed by atoms with E-state index in [0.717, 1.165) is 11.3 Å². The molecule has 148 valence electrons. The average Bonchev–Trinajstić information content (AvgIpc) is 3.13. The molecule has 2 aliphatic heterocycles. The smallest absolute Gasteiger partial charge is 0.356 e. The van der Waals surface area contributed by atoms with Gasteiger partial charge in [-0.2, -0.15) is 10.1 Å². The first-order valence-corrected chi connectivity index (χ1v) is 11.2. The highest BCUT2D eigenvalue weighted by atomic mass is 31.2. The van der Waals surface area contributed by atoms with Gasteiger partial charge in [0, 0.05) is 18.7 Å². The molecule has 29 heavy (non-hydrogen) atoms. The standard InChI is InChI=1S/C21H21N4O3P/c1-16-19-20(25(23-16)18-10-6-3-7-11-18)22-21(17-8-4-2-5-9-17)28-29(19,26)24-12-14-27-15-13-24/h2-11H,12-15H2,1H3. The van der Waals surface area contributed by atoms with Crippen molar-refractivity contribution in [1.29, 1.82) is 0 Å². The summed E-state index contributed by atoms with van der Waals surface area (Å²) in [6.07, 6.45) is 0. The van der Waals surface area contributed by atoms with Gasteiger partial charge in [-0.15, -0.1) is 0 Å². The second kappa shape index (κ2) is 7.26. The Kier molecular flexibility index (Phi) is 4.59. The lowest BCUT2D eigenvalue weighted by Crippen LogP contribution is -2.39. The van der Waals surface area contributed by atoms with E-state index >= 15 is 0 Å². The van der Waals surface area contributed by atoms with Crippen molar-refractivity contribution < 1.29 is 13.8 Å². The lowest BCUT2D eigenvalue weighted by atomic mass is 10.2. The maximum atomic E-state index is 14.4. The molecule has 0 saturated carbocycles. The highest BCUT2D eigenvalue weighted by Crippen LogP contribution is 2.56. The number of aliphatic imine (C=N–C) groups is 1. The summed E-state index contributed by atoms with van der Waals surface area (Å²) < 4.78 is 29.7. The summed E-state index contributed by atoms with van der Waals surface area (Å²) >= 11 is 0. The Bertz CT molecular complexity index is 1110. The summed E-state index contributed by atoms with van der Waals surface area (Å²) in [5.41, 5.74) is 2.31. The van der Waals surface area contributed by atoms with E-state index in [0.29, 0.717) is 49.0 Å². The van der Waals surface area contributed by atoms with Crippen LogP contribution in [0.15, 0.2) is 65.7 Å². The first-order valence-electron chi connectivity index (χ1n) is 9.59. The molecule has 0 radical (unpaired) electrons. The molecule has 0 bridgehead atoms. The molecule has 7 nitrogen and oxygen atoms in total. The summed E-state index contributed by atoms with van der Waals surface area (Å²) in [5, 5.41) is 5.25. The van der Waals surface area contributed by atoms with Crippen LogP contribution < -0.4 is 5.30 Å². The van der Waals surface area contributed by atoms with E-state index in [2.05, 4.69) is 5.10 Å². The van der Waals surface area contributed by atoms with Crippen molar-refractivity contribution in [3.05, 3.63) is 71.9 Å². The van der Waals surface area contributed by atoms with Gasteiger partial charge in [-0.1, -0.05) is 36.4 Å². The first kappa shape index (κ1) is 18.3. The second-order valence-electron chi connectivity index (χ2n) is 6.97. The average molecular weight is 408 g/mol. The van der Waals surface area contributed by atoms with Crippen molar-refractivity contribution in [1.82, 2.24) is 14.5 Å². The van der Waals surface area contributed by atoms with E-state index in [1.54, 1.807) is 4.68 Å². The molecule has 2 aromatic carbocycles. The van der Waals surface area contributed by atoms with Crippen molar-refractivity contribution in [2.45, 2.75) is 6.92 Å². The van der Waals surface area contributed by atoms with Gasteiger partial charge in [0.05, 0.1) is 24.6 Å². The van der Waals surface area contributed by atoms with Gasteiger partial charge in [0.15, 0.2) is 5.82 Å². The van der Waals surface area contributed by atoms with E-state index < -0.39 is 7.52 Å². The van der Waals surface area contributed by atoms with Gasteiger partial charge >= 0.3 is 7.52 Å². The van der Waals surface area contributed by atoms with Crippen LogP contribution in [0.3, 0.4) is 0 Å². The quantitative estimate of drug-likeness (QED) is 0.621. The van der Waals surface area contributed by atoms with Gasteiger partial charge in [-0.25, -0.2) is 9.35 Å². The molecule has 1 aromatic heterocycles. The number of aromatic nitrogens is 2. The predicted molar refractivity (Wildman–Crippen MR) is 112 cm³/mol. The molecular formula is C21H21N4O3P. The van der Waals surface area contributed by atoms with Crippen LogP contribution in [-0.4, -0.2) is 46.7 Å². The lowest BCUT2D eigenvalue weighted by molar-refractivity contribution is 0.0689. The number of hydrogen-bond donors (Lipinski definition) is 0.